The average Bonchev–Trinajstić information content (AvgIpc) is 3.03. The van der Waals surface area contributed by atoms with Crippen molar-refractivity contribution < 1.29 is 109 Å². The maximum Gasteiger partial charge on any atom is 0.335 e. The molecule has 4 rings (SSSR count). The number of hydrogen-bond acceptors (Lipinski definition) is 21. The minimum Gasteiger partial charge on any atom is -0.479 e. The number of carboxylic acid groups (broad SMARTS) is 1. The zero-order valence-electron chi connectivity index (χ0n) is 23.7. The fourth-order valence-corrected chi connectivity index (χ4v) is 5.47. The number of aliphatic carboxylic acids is 1. The van der Waals surface area contributed by atoms with Gasteiger partial charge in [0.25, 0.3) is 0 Å². The minimum atomic E-state index is -2.23. The molecule has 4 saturated heterocycles. The molecule has 14 N–H and O–H groups in total. The highest BCUT2D eigenvalue weighted by Gasteiger charge is 2.56. The number of aliphatic hydroxyl groups excluding tert-OH is 13. The quantitative estimate of drug-likeness (QED) is 0.102. The third kappa shape index (κ3) is 7.31. The van der Waals surface area contributed by atoms with Gasteiger partial charge in [0, 0.05) is 0 Å². The Balaban J connectivity index is 1.62. The summed E-state index contributed by atoms with van der Waals surface area (Å²) in [6.07, 6.45) is -38.9. The fourth-order valence-electron chi connectivity index (χ4n) is 5.47. The predicted octanol–water partition coefficient (Wildman–Crippen LogP) is -9.66. The highest BCUT2D eigenvalue weighted by Crippen LogP contribution is 2.35. The molecule has 0 amide bonds. The van der Waals surface area contributed by atoms with Gasteiger partial charge in [-0.05, 0) is 0 Å². The van der Waals surface area contributed by atoms with Crippen molar-refractivity contribution in [1.29, 1.82) is 0 Å². The minimum absolute atomic E-state index is 0.858. The van der Waals surface area contributed by atoms with Crippen LogP contribution in [0.2, 0.25) is 0 Å². The van der Waals surface area contributed by atoms with Crippen LogP contribution in [0.1, 0.15) is 0 Å². The van der Waals surface area contributed by atoms with Crippen molar-refractivity contribution in [1.82, 2.24) is 0 Å². The van der Waals surface area contributed by atoms with Crippen molar-refractivity contribution in [3.05, 3.63) is 0 Å². The highest BCUT2D eigenvalue weighted by molar-refractivity contribution is 5.73. The highest BCUT2D eigenvalue weighted by atomic mass is 16.8. The monoisotopic (exact) mass is 680 g/mol. The summed E-state index contributed by atoms with van der Waals surface area (Å²) in [4.78, 5) is 11.3. The van der Waals surface area contributed by atoms with Crippen LogP contribution in [0.3, 0.4) is 0 Å². The van der Waals surface area contributed by atoms with E-state index in [0.717, 1.165) is 0 Å². The van der Waals surface area contributed by atoms with Gasteiger partial charge in [0.1, 0.15) is 91.6 Å². The SMILES string of the molecule is O=C(O)[C@H]1O[C@@H](O)[C@H](O[C@@H]2O[C@H](CO)[C@H](O)[C@H](O)[C@H]2O[C@@H]2O[C@H](CO)[C@H](O)[C@H](O)[C@H]2O[C@@H]2O[C@H](CO)[C@@H](O)[C@H](O)[C@H]2O)[C@@H](O)[C@@H]1O. The van der Waals surface area contributed by atoms with Gasteiger partial charge in [0.2, 0.25) is 0 Å². The first kappa shape index (κ1) is 37.5. The number of hydrogen-bond donors (Lipinski definition) is 14. The van der Waals surface area contributed by atoms with Crippen molar-refractivity contribution in [2.45, 2.75) is 123 Å². The van der Waals surface area contributed by atoms with Crippen molar-refractivity contribution in [3.63, 3.8) is 0 Å². The number of aliphatic hydroxyl groups is 13. The Morgan fingerprint density at radius 1 is 0.457 bits per heavy atom. The van der Waals surface area contributed by atoms with Crippen LogP contribution in [0.4, 0.5) is 0 Å². The first-order chi connectivity index (χ1) is 21.7. The lowest BCUT2D eigenvalue weighted by atomic mass is 9.96. The third-order valence-electron chi connectivity index (χ3n) is 8.18. The molecule has 22 nitrogen and oxygen atoms in total. The Morgan fingerprint density at radius 3 is 1.26 bits per heavy atom. The molecule has 0 unspecified atom stereocenters. The van der Waals surface area contributed by atoms with Crippen molar-refractivity contribution >= 4 is 5.97 Å². The van der Waals surface area contributed by atoms with Gasteiger partial charge in [0.05, 0.1) is 19.8 Å². The summed E-state index contributed by atoms with van der Waals surface area (Å²) in [7, 11) is 0. The van der Waals surface area contributed by atoms with E-state index in [1.807, 2.05) is 0 Å². The predicted molar refractivity (Wildman–Crippen MR) is 134 cm³/mol. The second-order valence-corrected chi connectivity index (χ2v) is 11.2. The Labute approximate surface area is 258 Å². The fraction of sp³-hybridized carbons (Fsp3) is 0.958. The largest absolute Gasteiger partial charge is 0.479 e. The van der Waals surface area contributed by atoms with Crippen LogP contribution in [0.15, 0.2) is 0 Å². The molecule has 0 radical (unpaired) electrons. The normalized spacial score (nSPS) is 51.9. The summed E-state index contributed by atoms with van der Waals surface area (Å²) < 4.78 is 37.8. The summed E-state index contributed by atoms with van der Waals surface area (Å²) >= 11 is 0. The second kappa shape index (κ2) is 15.5. The summed E-state index contributed by atoms with van der Waals surface area (Å²) in [5.41, 5.74) is 0. The van der Waals surface area contributed by atoms with E-state index in [0.29, 0.717) is 0 Å². The Kier molecular flexibility index (Phi) is 12.6. The van der Waals surface area contributed by atoms with Gasteiger partial charge in [-0.15, -0.1) is 0 Å². The van der Waals surface area contributed by atoms with Gasteiger partial charge in [-0.3, -0.25) is 0 Å². The molecule has 4 fully saturated rings. The first-order valence-electron chi connectivity index (χ1n) is 14.1. The molecular formula is C24H40O22. The number of ether oxygens (including phenoxy) is 7. The van der Waals surface area contributed by atoms with E-state index in [-0.39, 0.29) is 0 Å². The molecule has 20 atom stereocenters. The molecule has 22 heteroatoms. The number of carbonyl (C=O) groups is 1. The third-order valence-corrected chi connectivity index (χ3v) is 8.18. The Morgan fingerprint density at radius 2 is 0.826 bits per heavy atom. The van der Waals surface area contributed by atoms with Crippen LogP contribution in [0.25, 0.3) is 0 Å². The van der Waals surface area contributed by atoms with E-state index >= 15 is 0 Å². The lowest BCUT2D eigenvalue weighted by Crippen LogP contribution is -2.68. The Hall–Kier alpha value is -1.33. The van der Waals surface area contributed by atoms with Gasteiger partial charge in [-0.2, -0.15) is 0 Å². The van der Waals surface area contributed by atoms with E-state index < -0.39 is 149 Å². The lowest BCUT2D eigenvalue weighted by molar-refractivity contribution is -0.404. The van der Waals surface area contributed by atoms with Crippen LogP contribution in [0, 0.1) is 0 Å². The molecule has 0 aromatic carbocycles. The standard InChI is InChI=1S/C24H40O22/c25-1-4-7(28)10(31)15(36)22(40-4)45-18-11(32)8(29)6(3-27)42-24(18)46-19-12(33)9(30)5(2-26)41-23(19)44-17-14(35)13(34)16(20(37)38)43-21(17)39/h4-19,21-36,39H,1-3H2,(H,37,38)/t4-,5-,6-,7-,8+,9+,10+,11+,12+,13+,14+,15-,16+,17-,18-,19-,21-,22+,23+,24+/m1/s1. The Bertz CT molecular complexity index is 990. The smallest absolute Gasteiger partial charge is 0.335 e. The zero-order valence-corrected chi connectivity index (χ0v) is 23.7. The van der Waals surface area contributed by atoms with E-state index in [9.17, 15) is 76.3 Å². The molecule has 0 bridgehead atoms. The molecule has 0 saturated carbocycles. The molecule has 4 aliphatic heterocycles. The molecule has 0 aromatic heterocycles. The van der Waals surface area contributed by atoms with E-state index in [4.69, 9.17) is 33.2 Å². The summed E-state index contributed by atoms with van der Waals surface area (Å²) in [6.45, 7) is -2.71. The average molecular weight is 681 g/mol. The van der Waals surface area contributed by atoms with Crippen molar-refractivity contribution in [2.24, 2.45) is 0 Å². The summed E-state index contributed by atoms with van der Waals surface area (Å²) in [5, 5.41) is 143. The van der Waals surface area contributed by atoms with Crippen LogP contribution < -0.4 is 0 Å². The molecule has 4 aliphatic rings. The van der Waals surface area contributed by atoms with Crippen LogP contribution >= 0.6 is 0 Å². The number of carboxylic acids is 1. The second-order valence-electron chi connectivity index (χ2n) is 11.2. The van der Waals surface area contributed by atoms with E-state index in [2.05, 4.69) is 0 Å². The van der Waals surface area contributed by atoms with Gasteiger partial charge >= 0.3 is 5.97 Å². The van der Waals surface area contributed by atoms with Crippen molar-refractivity contribution in [2.75, 3.05) is 19.8 Å². The maximum atomic E-state index is 11.3. The van der Waals surface area contributed by atoms with Crippen LogP contribution in [0.5, 0.6) is 0 Å². The molecular weight excluding hydrogens is 640 g/mol. The molecule has 268 valence electrons. The van der Waals surface area contributed by atoms with E-state index in [1.165, 1.54) is 0 Å². The molecule has 4 heterocycles. The van der Waals surface area contributed by atoms with Gasteiger partial charge in [0.15, 0.2) is 31.3 Å². The van der Waals surface area contributed by atoms with Gasteiger partial charge in [-0.1, -0.05) is 0 Å². The van der Waals surface area contributed by atoms with Crippen molar-refractivity contribution in [3.8, 4) is 0 Å². The molecule has 0 aliphatic carbocycles. The van der Waals surface area contributed by atoms with Crippen LogP contribution in [-0.2, 0) is 38.0 Å². The topological polar surface area (TPSA) is 365 Å². The summed E-state index contributed by atoms with van der Waals surface area (Å²) in [5.74, 6) is -1.74. The number of rotatable bonds is 10. The van der Waals surface area contributed by atoms with Crippen LogP contribution in [-0.4, -0.2) is 220 Å². The first-order valence-corrected chi connectivity index (χ1v) is 14.1. The lowest BCUT2D eigenvalue weighted by Gasteiger charge is -2.49. The van der Waals surface area contributed by atoms with Gasteiger partial charge in [-0.25, -0.2) is 4.79 Å². The van der Waals surface area contributed by atoms with E-state index in [1.54, 1.807) is 0 Å². The maximum absolute atomic E-state index is 11.3. The molecule has 0 aromatic rings. The molecule has 46 heavy (non-hydrogen) atoms. The zero-order chi connectivity index (χ0) is 34.2. The molecule has 0 spiro atoms. The summed E-state index contributed by atoms with van der Waals surface area (Å²) in [6, 6.07) is 0. The van der Waals surface area contributed by atoms with Gasteiger partial charge < -0.3 is 105 Å².